The molecule has 36 heavy (non-hydrogen) atoms. The topological polar surface area (TPSA) is 81.5 Å². The summed E-state index contributed by atoms with van der Waals surface area (Å²) in [5.74, 6) is 0.203. The number of benzene rings is 2. The summed E-state index contributed by atoms with van der Waals surface area (Å²) >= 11 is 1.42. The summed E-state index contributed by atoms with van der Waals surface area (Å²) in [5.41, 5.74) is 3.74. The summed E-state index contributed by atoms with van der Waals surface area (Å²) in [6.45, 7) is 6.32. The molecule has 0 spiro atoms. The minimum atomic E-state index is -0.775. The largest absolute Gasteiger partial charge is 0.482 e. The van der Waals surface area contributed by atoms with E-state index in [0.29, 0.717) is 33.8 Å². The summed E-state index contributed by atoms with van der Waals surface area (Å²) in [6, 6.07) is 12.5. The summed E-state index contributed by atoms with van der Waals surface area (Å²) in [4.78, 5) is 46.3. The Bertz CT molecular complexity index is 1520. The lowest BCUT2D eigenvalue weighted by molar-refractivity contribution is -0.121. The molecule has 184 valence electrons. The fourth-order valence-electron chi connectivity index (χ4n) is 4.55. The van der Waals surface area contributed by atoms with Crippen LogP contribution in [-0.4, -0.2) is 34.4 Å². The first-order chi connectivity index (χ1) is 17.4. The quantitative estimate of drug-likeness (QED) is 0.323. The molecule has 1 atom stereocenters. The number of aromatic nitrogens is 2. The highest BCUT2D eigenvalue weighted by molar-refractivity contribution is 7.17. The van der Waals surface area contributed by atoms with Gasteiger partial charge in [-0.3, -0.25) is 19.0 Å². The molecule has 1 unspecified atom stereocenters. The van der Waals surface area contributed by atoms with Gasteiger partial charge < -0.3 is 9.64 Å². The Morgan fingerprint density at radius 2 is 1.92 bits per heavy atom. The van der Waals surface area contributed by atoms with Crippen LogP contribution in [-0.2, 0) is 11.2 Å². The van der Waals surface area contributed by atoms with E-state index < -0.39 is 6.04 Å². The molecular formula is C28H27N3O4S. The number of carbonyl (C=O) groups excluding carboxylic acids is 2. The monoisotopic (exact) mass is 501 g/mol. The maximum absolute atomic E-state index is 13.6. The van der Waals surface area contributed by atoms with E-state index in [4.69, 9.17) is 4.74 Å². The predicted octanol–water partition coefficient (Wildman–Crippen LogP) is 5.27. The lowest BCUT2D eigenvalue weighted by Crippen LogP contribution is -2.39. The summed E-state index contributed by atoms with van der Waals surface area (Å²) in [7, 11) is 0. The molecule has 0 fully saturated rings. The Morgan fingerprint density at radius 1 is 1.14 bits per heavy atom. The van der Waals surface area contributed by atoms with Crippen molar-refractivity contribution in [3.63, 3.8) is 0 Å². The number of Topliss-reactive ketones (excluding diaryl/α,β-unsaturated/α-hetero) is 1. The molecule has 0 N–H and O–H groups in total. The number of nitrogens with zero attached hydrogens (tertiary/aromatic N) is 3. The number of anilines is 1. The molecule has 1 amide bonds. The van der Waals surface area contributed by atoms with E-state index in [2.05, 4.69) is 24.0 Å². The second-order valence-corrected chi connectivity index (χ2v) is 9.75. The van der Waals surface area contributed by atoms with Crippen molar-refractivity contribution >= 4 is 38.9 Å². The Labute approximate surface area is 213 Å². The highest BCUT2D eigenvalue weighted by atomic mass is 32.1. The smallest absolute Gasteiger partial charge is 0.265 e. The second kappa shape index (κ2) is 9.70. The van der Waals surface area contributed by atoms with E-state index in [1.54, 1.807) is 30.0 Å². The zero-order valence-electron chi connectivity index (χ0n) is 20.5. The molecule has 3 heterocycles. The number of carbonyl (C=O) groups is 2. The molecule has 5 rings (SSSR count). The van der Waals surface area contributed by atoms with E-state index in [1.165, 1.54) is 27.8 Å². The molecule has 0 radical (unpaired) electrons. The predicted molar refractivity (Wildman–Crippen MR) is 142 cm³/mol. The first-order valence-electron chi connectivity index (χ1n) is 12.1. The van der Waals surface area contributed by atoms with Crippen molar-refractivity contribution in [1.82, 2.24) is 9.55 Å². The van der Waals surface area contributed by atoms with Crippen molar-refractivity contribution in [3.05, 3.63) is 75.7 Å². The molecule has 1 aliphatic rings. The van der Waals surface area contributed by atoms with Crippen LogP contribution in [0, 0.1) is 0 Å². The molecule has 0 saturated carbocycles. The average Bonchev–Trinajstić information content (AvgIpc) is 3.35. The van der Waals surface area contributed by atoms with Gasteiger partial charge in [0.15, 0.2) is 12.4 Å². The molecule has 1 aliphatic heterocycles. The highest BCUT2D eigenvalue weighted by Crippen LogP contribution is 2.34. The van der Waals surface area contributed by atoms with Crippen molar-refractivity contribution in [2.75, 3.05) is 18.1 Å². The molecule has 0 aliphatic carbocycles. The van der Waals surface area contributed by atoms with Crippen LogP contribution in [0.5, 0.6) is 5.75 Å². The van der Waals surface area contributed by atoms with Gasteiger partial charge >= 0.3 is 0 Å². The zero-order valence-corrected chi connectivity index (χ0v) is 21.3. The fourth-order valence-corrected chi connectivity index (χ4v) is 5.45. The number of ketones is 1. The first-order valence-corrected chi connectivity index (χ1v) is 13.0. The maximum atomic E-state index is 13.6. The van der Waals surface area contributed by atoms with E-state index >= 15 is 0 Å². The number of hydrogen-bond donors (Lipinski definition) is 0. The van der Waals surface area contributed by atoms with Gasteiger partial charge in [-0.25, -0.2) is 4.98 Å². The Morgan fingerprint density at radius 3 is 2.64 bits per heavy atom. The summed E-state index contributed by atoms with van der Waals surface area (Å²) in [5, 5.41) is 2.46. The van der Waals surface area contributed by atoms with E-state index in [9.17, 15) is 14.4 Å². The fraction of sp³-hybridized carbons (Fsp3) is 0.286. The molecule has 2 aromatic heterocycles. The van der Waals surface area contributed by atoms with Crippen LogP contribution in [0.25, 0.3) is 21.3 Å². The normalized spacial score (nSPS) is 14.0. The molecule has 0 saturated heterocycles. The van der Waals surface area contributed by atoms with Gasteiger partial charge in [0.2, 0.25) is 0 Å². The van der Waals surface area contributed by atoms with Gasteiger partial charge in [-0.1, -0.05) is 38.1 Å². The Kier molecular flexibility index (Phi) is 6.45. The highest BCUT2D eigenvalue weighted by Gasteiger charge is 2.28. The summed E-state index contributed by atoms with van der Waals surface area (Å²) < 4.78 is 6.95. The third-order valence-corrected chi connectivity index (χ3v) is 7.51. The second-order valence-electron chi connectivity index (χ2n) is 8.89. The lowest BCUT2D eigenvalue weighted by atomic mass is 10.0. The van der Waals surface area contributed by atoms with Crippen LogP contribution in [0.3, 0.4) is 0 Å². The number of ether oxygens (including phenoxy) is 1. The van der Waals surface area contributed by atoms with Gasteiger partial charge in [0.25, 0.3) is 11.5 Å². The first kappa shape index (κ1) is 23.9. The van der Waals surface area contributed by atoms with Gasteiger partial charge in [-0.2, -0.15) is 0 Å². The molecule has 8 heteroatoms. The minimum absolute atomic E-state index is 0.0120. The Balaban J connectivity index is 1.52. The number of aryl methyl sites for hydroxylation is 1. The minimum Gasteiger partial charge on any atom is -0.482 e. The molecular weight excluding hydrogens is 474 g/mol. The van der Waals surface area contributed by atoms with Crippen LogP contribution in [0.15, 0.2) is 59.0 Å². The van der Waals surface area contributed by atoms with Crippen molar-refractivity contribution in [3.8, 4) is 16.9 Å². The van der Waals surface area contributed by atoms with Gasteiger partial charge in [-0.15, -0.1) is 11.3 Å². The van der Waals surface area contributed by atoms with Crippen molar-refractivity contribution in [2.45, 2.75) is 39.7 Å². The van der Waals surface area contributed by atoms with Crippen LogP contribution in [0.4, 0.5) is 5.69 Å². The van der Waals surface area contributed by atoms with Gasteiger partial charge in [0.05, 0.1) is 23.4 Å². The van der Waals surface area contributed by atoms with E-state index in [-0.39, 0.29) is 23.9 Å². The lowest BCUT2D eigenvalue weighted by Gasteiger charge is -2.29. The standard InChI is InChI=1S/C28H27N3O4S/c1-4-12-30-22-13-20(10-11-23(22)35-14-24(30)32)26(33)17(3)31-16-29-27-25(28(31)34)21(15-36-27)19-8-6-18(5-2)7-9-19/h6-11,13,15-17H,4-5,12,14H2,1-3H3. The van der Waals surface area contributed by atoms with Crippen LogP contribution < -0.4 is 15.2 Å². The van der Waals surface area contributed by atoms with E-state index in [0.717, 1.165) is 24.0 Å². The maximum Gasteiger partial charge on any atom is 0.265 e. The van der Waals surface area contributed by atoms with Crippen LogP contribution in [0.1, 0.15) is 49.2 Å². The molecule has 0 bridgehead atoms. The van der Waals surface area contributed by atoms with Gasteiger partial charge in [-0.05, 0) is 49.1 Å². The number of fused-ring (bicyclic) bond motifs is 2. The van der Waals surface area contributed by atoms with Gasteiger partial charge in [0, 0.05) is 23.1 Å². The number of thiophene rings is 1. The molecule has 2 aromatic carbocycles. The summed E-state index contributed by atoms with van der Waals surface area (Å²) in [6.07, 6.45) is 3.17. The van der Waals surface area contributed by atoms with Gasteiger partial charge in [0.1, 0.15) is 10.6 Å². The van der Waals surface area contributed by atoms with Crippen molar-refractivity contribution < 1.29 is 14.3 Å². The third-order valence-electron chi connectivity index (χ3n) is 6.62. The SMILES string of the molecule is CCCN1C(=O)COc2ccc(C(=O)C(C)n3cnc4scc(-c5ccc(CC)cc5)c4c3=O)cc21. The zero-order chi connectivity index (χ0) is 25.4. The average molecular weight is 502 g/mol. The Hall–Kier alpha value is -3.78. The van der Waals surface area contributed by atoms with Crippen molar-refractivity contribution in [2.24, 2.45) is 0 Å². The number of hydrogen-bond acceptors (Lipinski definition) is 6. The number of rotatable bonds is 7. The number of amides is 1. The van der Waals surface area contributed by atoms with Crippen LogP contribution >= 0.6 is 11.3 Å². The van der Waals surface area contributed by atoms with Crippen LogP contribution in [0.2, 0.25) is 0 Å². The molecule has 4 aromatic rings. The van der Waals surface area contributed by atoms with Crippen molar-refractivity contribution in [1.29, 1.82) is 0 Å². The molecule has 7 nitrogen and oxygen atoms in total. The van der Waals surface area contributed by atoms with E-state index in [1.807, 2.05) is 24.4 Å². The third kappa shape index (κ3) is 4.11.